The minimum absolute atomic E-state index is 0.0150. The van der Waals surface area contributed by atoms with Gasteiger partial charge < -0.3 is 19.3 Å². The Hall–Kier alpha value is -1.14. The second-order valence-electron chi connectivity index (χ2n) is 14.2. The smallest absolute Gasteiger partial charge is 0.306 e. The van der Waals surface area contributed by atoms with E-state index >= 15 is 0 Å². The molecule has 0 aliphatic heterocycles. The van der Waals surface area contributed by atoms with Gasteiger partial charge in [0.15, 0.2) is 0 Å². The fourth-order valence-electron chi connectivity index (χ4n) is 6.07. The number of likely N-dealkylation sites (N-methyl/N-ethyl adjacent to an activating group) is 1. The Labute approximate surface area is 287 Å². The molecule has 0 fully saturated rings. The maximum atomic E-state index is 12.4. The molecule has 0 rings (SSSR count). The van der Waals surface area contributed by atoms with Crippen LogP contribution in [0.15, 0.2) is 0 Å². The highest BCUT2D eigenvalue weighted by atomic mass is 16.5. The molecular weight excluding hydrogens is 572 g/mol. The first kappa shape index (κ1) is 44.9. The van der Waals surface area contributed by atoms with Gasteiger partial charge in [0.1, 0.15) is 12.2 Å². The van der Waals surface area contributed by atoms with E-state index in [1.165, 1.54) is 77.0 Å². The minimum Gasteiger partial charge on any atom is -0.462 e. The molecule has 0 aliphatic carbocycles. The summed E-state index contributed by atoms with van der Waals surface area (Å²) in [7, 11) is 4.31. The molecule has 0 amide bonds. The quantitative estimate of drug-likeness (QED) is 0.0501. The zero-order valence-corrected chi connectivity index (χ0v) is 31.9. The van der Waals surface area contributed by atoms with E-state index in [1.54, 1.807) is 0 Å². The van der Waals surface area contributed by atoms with E-state index < -0.39 is 0 Å². The molecule has 0 saturated heterocycles. The highest BCUT2D eigenvalue weighted by Gasteiger charge is 2.15. The third-order valence-electron chi connectivity index (χ3n) is 9.19. The van der Waals surface area contributed by atoms with Gasteiger partial charge in [0.25, 0.3) is 0 Å². The average molecular weight is 653 g/mol. The number of hydrogen-bond donors (Lipinski definition) is 0. The van der Waals surface area contributed by atoms with Crippen LogP contribution >= 0.6 is 0 Å². The number of carbonyl (C=O) groups is 2. The van der Waals surface area contributed by atoms with Gasteiger partial charge in [-0.15, -0.1) is 0 Å². The number of esters is 2. The van der Waals surface area contributed by atoms with Crippen LogP contribution in [-0.2, 0) is 19.1 Å². The summed E-state index contributed by atoms with van der Waals surface area (Å²) in [4.78, 5) is 29.8. The van der Waals surface area contributed by atoms with Crippen LogP contribution in [0.2, 0.25) is 0 Å². The van der Waals surface area contributed by atoms with Gasteiger partial charge in [0, 0.05) is 25.9 Å². The second-order valence-corrected chi connectivity index (χ2v) is 14.2. The molecule has 274 valence electrons. The molecule has 0 bridgehead atoms. The minimum atomic E-state index is 0.0150. The van der Waals surface area contributed by atoms with Crippen molar-refractivity contribution < 1.29 is 19.1 Å². The molecule has 46 heavy (non-hydrogen) atoms. The van der Waals surface area contributed by atoms with Crippen LogP contribution in [0.5, 0.6) is 0 Å². The van der Waals surface area contributed by atoms with Crippen molar-refractivity contribution in [1.29, 1.82) is 0 Å². The number of ether oxygens (including phenoxy) is 2. The summed E-state index contributed by atoms with van der Waals surface area (Å²) >= 11 is 0. The Morgan fingerprint density at radius 3 is 1.20 bits per heavy atom. The Bertz CT molecular complexity index is 622. The van der Waals surface area contributed by atoms with E-state index in [-0.39, 0.29) is 24.1 Å². The monoisotopic (exact) mass is 653 g/mol. The van der Waals surface area contributed by atoms with Gasteiger partial charge >= 0.3 is 11.9 Å². The molecule has 0 aromatic carbocycles. The van der Waals surface area contributed by atoms with Crippen LogP contribution in [0.1, 0.15) is 195 Å². The summed E-state index contributed by atoms with van der Waals surface area (Å²) in [6.07, 6.45) is 28.8. The number of unbranched alkanes of at least 4 members (excludes halogenated alkanes) is 14. The maximum absolute atomic E-state index is 12.4. The third kappa shape index (κ3) is 30.2. The summed E-state index contributed by atoms with van der Waals surface area (Å²) in [5.74, 6) is 0.0301. The molecule has 0 heterocycles. The zero-order valence-electron chi connectivity index (χ0n) is 31.9. The maximum Gasteiger partial charge on any atom is 0.306 e. The van der Waals surface area contributed by atoms with Gasteiger partial charge in [-0.25, -0.2) is 0 Å². The topological polar surface area (TPSA) is 59.1 Å². The van der Waals surface area contributed by atoms with Gasteiger partial charge in [0.05, 0.1) is 0 Å². The molecule has 0 aromatic heterocycles. The predicted octanol–water partition coefficient (Wildman–Crippen LogP) is 10.9. The highest BCUT2D eigenvalue weighted by Crippen LogP contribution is 2.17. The van der Waals surface area contributed by atoms with Crippen molar-refractivity contribution >= 4 is 11.9 Å². The molecule has 6 nitrogen and oxygen atoms in total. The molecule has 0 radical (unpaired) electrons. The molecule has 2 unspecified atom stereocenters. The van der Waals surface area contributed by atoms with Gasteiger partial charge in [-0.1, -0.05) is 118 Å². The van der Waals surface area contributed by atoms with E-state index in [1.807, 2.05) is 0 Å². The summed E-state index contributed by atoms with van der Waals surface area (Å²) in [6, 6.07) is 0. The van der Waals surface area contributed by atoms with Crippen LogP contribution in [0.3, 0.4) is 0 Å². The van der Waals surface area contributed by atoms with Crippen molar-refractivity contribution in [3.8, 4) is 0 Å². The van der Waals surface area contributed by atoms with Gasteiger partial charge in [-0.05, 0) is 91.4 Å². The van der Waals surface area contributed by atoms with Crippen molar-refractivity contribution in [2.75, 3.05) is 40.3 Å². The van der Waals surface area contributed by atoms with E-state index in [4.69, 9.17) is 9.47 Å². The summed E-state index contributed by atoms with van der Waals surface area (Å²) in [5, 5.41) is 0. The van der Waals surface area contributed by atoms with Crippen LogP contribution < -0.4 is 0 Å². The molecule has 0 saturated carbocycles. The number of nitrogens with zero attached hydrogens (tertiary/aromatic N) is 2. The lowest BCUT2D eigenvalue weighted by molar-refractivity contribution is -0.151. The molecule has 0 aromatic rings. The molecule has 0 aliphatic rings. The molecule has 0 N–H and O–H groups in total. The van der Waals surface area contributed by atoms with Gasteiger partial charge in [-0.3, -0.25) is 9.59 Å². The predicted molar refractivity (Wildman–Crippen MR) is 197 cm³/mol. The SMILES string of the molecule is CCCCCC(CCCC)OC(=O)CCCCCCCN(CCCCCCCC(=O)OC(CCCC)CCCCC)CCN(C)C. The first-order valence-corrected chi connectivity index (χ1v) is 20.1. The number of hydrogen-bond acceptors (Lipinski definition) is 6. The van der Waals surface area contributed by atoms with Gasteiger partial charge in [0.2, 0.25) is 0 Å². The second kappa shape index (κ2) is 33.7. The Morgan fingerprint density at radius 2 is 0.804 bits per heavy atom. The van der Waals surface area contributed by atoms with Crippen LogP contribution in [0.4, 0.5) is 0 Å². The first-order chi connectivity index (χ1) is 22.4. The molecule has 6 heteroatoms. The van der Waals surface area contributed by atoms with Crippen molar-refractivity contribution in [2.45, 2.75) is 207 Å². The third-order valence-corrected chi connectivity index (χ3v) is 9.19. The van der Waals surface area contributed by atoms with Crippen molar-refractivity contribution in [3.05, 3.63) is 0 Å². The lowest BCUT2D eigenvalue weighted by atomic mass is 10.1. The van der Waals surface area contributed by atoms with Crippen molar-refractivity contribution in [1.82, 2.24) is 9.80 Å². The average Bonchev–Trinajstić information content (AvgIpc) is 3.03. The number of rotatable bonds is 35. The molecule has 2 atom stereocenters. The van der Waals surface area contributed by atoms with Crippen molar-refractivity contribution in [3.63, 3.8) is 0 Å². The van der Waals surface area contributed by atoms with Crippen LogP contribution in [0, 0.1) is 0 Å². The standard InChI is InChI=1S/C40H80N2O4/c1-7-11-21-29-37(27-13-9-3)45-39(43)31-23-17-15-19-25-33-42(36-35-41(5)6)34-26-20-16-18-24-32-40(44)46-38(28-14-10-4)30-22-12-8-2/h37-38H,7-36H2,1-6H3. The number of carbonyl (C=O) groups excluding carboxylic acids is 2. The fourth-order valence-corrected chi connectivity index (χ4v) is 6.07. The normalized spacial score (nSPS) is 13.0. The Kier molecular flexibility index (Phi) is 32.9. The largest absolute Gasteiger partial charge is 0.462 e. The van der Waals surface area contributed by atoms with E-state index in [2.05, 4.69) is 51.6 Å². The summed E-state index contributed by atoms with van der Waals surface area (Å²) in [5.41, 5.74) is 0. The van der Waals surface area contributed by atoms with Crippen LogP contribution in [0.25, 0.3) is 0 Å². The highest BCUT2D eigenvalue weighted by molar-refractivity contribution is 5.69. The fraction of sp³-hybridized carbons (Fsp3) is 0.950. The molecular formula is C40H80N2O4. The van der Waals surface area contributed by atoms with E-state index in [0.29, 0.717) is 12.8 Å². The first-order valence-electron chi connectivity index (χ1n) is 20.1. The Balaban J connectivity index is 4.13. The summed E-state index contributed by atoms with van der Waals surface area (Å²) in [6.45, 7) is 13.4. The van der Waals surface area contributed by atoms with E-state index in [0.717, 1.165) is 103 Å². The van der Waals surface area contributed by atoms with Crippen molar-refractivity contribution in [2.24, 2.45) is 0 Å². The summed E-state index contributed by atoms with van der Waals surface area (Å²) < 4.78 is 11.7. The zero-order chi connectivity index (χ0) is 34.1. The van der Waals surface area contributed by atoms with Gasteiger partial charge in [-0.2, -0.15) is 0 Å². The Morgan fingerprint density at radius 1 is 0.435 bits per heavy atom. The van der Waals surface area contributed by atoms with E-state index in [9.17, 15) is 9.59 Å². The van der Waals surface area contributed by atoms with Crippen LogP contribution in [-0.4, -0.2) is 74.2 Å². The lowest BCUT2D eigenvalue weighted by Gasteiger charge is -2.24. The molecule has 0 spiro atoms. The lowest BCUT2D eigenvalue weighted by Crippen LogP contribution is -2.33.